The molecule has 0 bridgehead atoms. The molecule has 0 atom stereocenters. The van der Waals surface area contributed by atoms with Gasteiger partial charge in [-0.3, -0.25) is 0 Å². The van der Waals surface area contributed by atoms with E-state index in [1.807, 2.05) is 11.8 Å². The third kappa shape index (κ3) is 5.51. The fraction of sp³-hybridized carbons (Fsp3) is 0.818. The number of hydrogen-bond acceptors (Lipinski definition) is 5. The van der Waals surface area contributed by atoms with E-state index in [4.69, 9.17) is 10.3 Å². The molecule has 1 aromatic rings. The molecule has 0 saturated carbocycles. The lowest BCUT2D eigenvalue weighted by molar-refractivity contribution is 0.370. The third-order valence-electron chi connectivity index (χ3n) is 2.29. The van der Waals surface area contributed by atoms with Crippen molar-refractivity contribution in [3.05, 3.63) is 11.7 Å². The van der Waals surface area contributed by atoms with Crippen LogP contribution in [-0.2, 0) is 12.2 Å². The van der Waals surface area contributed by atoms with Crippen LogP contribution in [0.2, 0.25) is 0 Å². The summed E-state index contributed by atoms with van der Waals surface area (Å²) >= 11 is 1.81. The van der Waals surface area contributed by atoms with Gasteiger partial charge in [0.25, 0.3) is 0 Å². The van der Waals surface area contributed by atoms with Crippen molar-refractivity contribution in [2.24, 2.45) is 5.73 Å². The number of aromatic nitrogens is 2. The van der Waals surface area contributed by atoms with Gasteiger partial charge in [0.2, 0.25) is 5.89 Å². The van der Waals surface area contributed by atoms with Gasteiger partial charge in [0.05, 0.1) is 5.75 Å². The van der Waals surface area contributed by atoms with Gasteiger partial charge < -0.3 is 10.3 Å². The van der Waals surface area contributed by atoms with E-state index in [0.717, 1.165) is 49.0 Å². The Hall–Kier alpha value is -0.550. The van der Waals surface area contributed by atoms with Gasteiger partial charge in [0.15, 0.2) is 5.82 Å². The number of hydrogen-bond donors (Lipinski definition) is 1. The predicted molar refractivity (Wildman–Crippen MR) is 67.4 cm³/mol. The van der Waals surface area contributed by atoms with E-state index in [-0.39, 0.29) is 0 Å². The smallest absolute Gasteiger partial charge is 0.226 e. The van der Waals surface area contributed by atoms with Gasteiger partial charge in [0.1, 0.15) is 0 Å². The van der Waals surface area contributed by atoms with Crippen LogP contribution in [0.5, 0.6) is 0 Å². The summed E-state index contributed by atoms with van der Waals surface area (Å²) in [6.07, 6.45) is 5.51. The molecule has 0 unspecified atom stereocenters. The monoisotopic (exact) mass is 243 g/mol. The lowest BCUT2D eigenvalue weighted by Gasteiger charge is -1.96. The van der Waals surface area contributed by atoms with Gasteiger partial charge in [-0.1, -0.05) is 24.9 Å². The SMILES string of the molecule is CCSCc1noc(CCCCCCN)n1. The Morgan fingerprint density at radius 1 is 1.25 bits per heavy atom. The molecular formula is C11H21N3OS. The maximum atomic E-state index is 5.43. The summed E-state index contributed by atoms with van der Waals surface area (Å²) in [6.45, 7) is 2.92. The second-order valence-corrected chi connectivity index (χ2v) is 4.97. The zero-order valence-electron chi connectivity index (χ0n) is 9.95. The summed E-state index contributed by atoms with van der Waals surface area (Å²) in [5.74, 6) is 3.54. The summed E-state index contributed by atoms with van der Waals surface area (Å²) in [5, 5.41) is 3.94. The highest BCUT2D eigenvalue weighted by Gasteiger charge is 2.05. The van der Waals surface area contributed by atoms with Gasteiger partial charge in [0, 0.05) is 6.42 Å². The van der Waals surface area contributed by atoms with Crippen molar-refractivity contribution in [2.45, 2.75) is 44.8 Å². The highest BCUT2D eigenvalue weighted by atomic mass is 32.2. The second-order valence-electron chi connectivity index (χ2n) is 3.69. The molecule has 0 aromatic carbocycles. The molecule has 16 heavy (non-hydrogen) atoms. The minimum Gasteiger partial charge on any atom is -0.339 e. The molecule has 92 valence electrons. The summed E-state index contributed by atoms with van der Waals surface area (Å²) in [5.41, 5.74) is 5.43. The molecule has 0 spiro atoms. The molecule has 0 aliphatic carbocycles. The number of nitrogens with two attached hydrogens (primary N) is 1. The van der Waals surface area contributed by atoms with Crippen LogP contribution in [0.4, 0.5) is 0 Å². The molecule has 4 nitrogen and oxygen atoms in total. The first-order chi connectivity index (χ1) is 7.86. The van der Waals surface area contributed by atoms with Crippen molar-refractivity contribution in [3.8, 4) is 0 Å². The predicted octanol–water partition coefficient (Wildman–Crippen LogP) is 2.38. The molecule has 2 N–H and O–H groups in total. The Labute approximate surface area is 101 Å². The molecule has 0 aliphatic rings. The Bertz CT molecular complexity index is 278. The van der Waals surface area contributed by atoms with Crippen LogP contribution in [0.3, 0.4) is 0 Å². The topological polar surface area (TPSA) is 64.9 Å². The minimum atomic E-state index is 0.777. The van der Waals surface area contributed by atoms with Crippen LogP contribution in [0.25, 0.3) is 0 Å². The van der Waals surface area contributed by atoms with E-state index in [1.165, 1.54) is 12.8 Å². The van der Waals surface area contributed by atoms with Crippen LogP contribution in [0.1, 0.15) is 44.3 Å². The molecule has 0 radical (unpaired) electrons. The molecule has 0 fully saturated rings. The standard InChI is InChI=1S/C11H21N3OS/c1-2-16-9-10-13-11(15-14-10)7-5-3-4-6-8-12/h2-9,12H2,1H3. The van der Waals surface area contributed by atoms with Gasteiger partial charge in [-0.2, -0.15) is 16.7 Å². The van der Waals surface area contributed by atoms with Gasteiger partial charge in [-0.15, -0.1) is 0 Å². The van der Waals surface area contributed by atoms with E-state index >= 15 is 0 Å². The van der Waals surface area contributed by atoms with Crippen molar-refractivity contribution in [1.29, 1.82) is 0 Å². The number of nitrogens with zero attached hydrogens (tertiary/aromatic N) is 2. The lowest BCUT2D eigenvalue weighted by atomic mass is 10.1. The van der Waals surface area contributed by atoms with E-state index in [1.54, 1.807) is 0 Å². The molecule has 0 aliphatic heterocycles. The van der Waals surface area contributed by atoms with Crippen LogP contribution < -0.4 is 5.73 Å². The van der Waals surface area contributed by atoms with Crippen molar-refractivity contribution in [3.63, 3.8) is 0 Å². The Morgan fingerprint density at radius 3 is 2.81 bits per heavy atom. The second kappa shape index (κ2) is 8.58. The zero-order valence-corrected chi connectivity index (χ0v) is 10.8. The van der Waals surface area contributed by atoms with E-state index < -0.39 is 0 Å². The first-order valence-electron chi connectivity index (χ1n) is 5.96. The molecular weight excluding hydrogens is 222 g/mol. The third-order valence-corrected chi connectivity index (χ3v) is 3.16. The summed E-state index contributed by atoms with van der Waals surface area (Å²) < 4.78 is 5.17. The van der Waals surface area contributed by atoms with Crippen LogP contribution in [0, 0.1) is 0 Å². The van der Waals surface area contributed by atoms with Gasteiger partial charge >= 0.3 is 0 Å². The van der Waals surface area contributed by atoms with E-state index in [9.17, 15) is 0 Å². The maximum Gasteiger partial charge on any atom is 0.226 e. The largest absolute Gasteiger partial charge is 0.339 e. The summed E-state index contributed by atoms with van der Waals surface area (Å²) in [4.78, 5) is 4.34. The van der Waals surface area contributed by atoms with E-state index in [2.05, 4.69) is 17.1 Å². The highest BCUT2D eigenvalue weighted by molar-refractivity contribution is 7.98. The number of thioether (sulfide) groups is 1. The van der Waals surface area contributed by atoms with Crippen molar-refractivity contribution in [1.82, 2.24) is 10.1 Å². The number of aryl methyl sites for hydroxylation is 1. The first kappa shape index (κ1) is 13.5. The van der Waals surface area contributed by atoms with Crippen molar-refractivity contribution >= 4 is 11.8 Å². The van der Waals surface area contributed by atoms with Crippen molar-refractivity contribution < 1.29 is 4.52 Å². The molecule has 1 aromatic heterocycles. The Balaban J connectivity index is 2.14. The highest BCUT2D eigenvalue weighted by Crippen LogP contribution is 2.10. The molecule has 1 heterocycles. The van der Waals surface area contributed by atoms with E-state index in [0.29, 0.717) is 0 Å². The Morgan fingerprint density at radius 2 is 2.06 bits per heavy atom. The quantitative estimate of drug-likeness (QED) is 0.675. The van der Waals surface area contributed by atoms with Crippen LogP contribution in [0.15, 0.2) is 4.52 Å². The fourth-order valence-corrected chi connectivity index (χ4v) is 1.92. The van der Waals surface area contributed by atoms with Crippen LogP contribution in [-0.4, -0.2) is 22.4 Å². The maximum absolute atomic E-state index is 5.43. The number of rotatable bonds is 9. The minimum absolute atomic E-state index is 0.777. The average Bonchev–Trinajstić information content (AvgIpc) is 2.74. The molecule has 0 saturated heterocycles. The molecule has 5 heteroatoms. The zero-order chi connectivity index (χ0) is 11.6. The Kier molecular flexibility index (Phi) is 7.25. The normalized spacial score (nSPS) is 10.9. The van der Waals surface area contributed by atoms with Gasteiger partial charge in [-0.25, -0.2) is 0 Å². The molecule has 0 amide bonds. The van der Waals surface area contributed by atoms with Gasteiger partial charge in [-0.05, 0) is 25.1 Å². The van der Waals surface area contributed by atoms with Crippen molar-refractivity contribution in [2.75, 3.05) is 12.3 Å². The summed E-state index contributed by atoms with van der Waals surface area (Å²) in [7, 11) is 0. The van der Waals surface area contributed by atoms with Crippen LogP contribution >= 0.6 is 11.8 Å². The average molecular weight is 243 g/mol. The molecule has 1 rings (SSSR count). The summed E-state index contributed by atoms with van der Waals surface area (Å²) in [6, 6.07) is 0. The number of unbranched alkanes of at least 4 members (excludes halogenated alkanes) is 3. The fourth-order valence-electron chi connectivity index (χ4n) is 1.42. The lowest BCUT2D eigenvalue weighted by Crippen LogP contribution is -1.97. The first-order valence-corrected chi connectivity index (χ1v) is 7.11.